The standard InChI is InChI=1S/C32H41N3O4S/c1-6-8-19-33-32(37)30(7-2)34(22-27-14-12-13-24(3)20-27)31(36)23-35(28-18-17-25(4)26(5)21-28)40(38,39)29-15-10-9-11-16-29/h9-18,20-21,30H,6-8,19,22-23H2,1-5H3,(H,33,37)/t30-/m1/s1. The van der Waals surface area contributed by atoms with E-state index in [2.05, 4.69) is 5.32 Å². The first-order valence-electron chi connectivity index (χ1n) is 13.9. The Balaban J connectivity index is 2.05. The van der Waals surface area contributed by atoms with Gasteiger partial charge in [0.1, 0.15) is 12.6 Å². The minimum Gasteiger partial charge on any atom is -0.354 e. The van der Waals surface area contributed by atoms with Crippen LogP contribution in [0.15, 0.2) is 77.7 Å². The average Bonchev–Trinajstić information content (AvgIpc) is 2.93. The molecule has 0 aliphatic carbocycles. The summed E-state index contributed by atoms with van der Waals surface area (Å²) < 4.78 is 29.0. The van der Waals surface area contributed by atoms with Gasteiger partial charge in [0.2, 0.25) is 11.8 Å². The molecule has 0 fully saturated rings. The molecule has 0 saturated carbocycles. The first kappa shape index (κ1) is 30.9. The molecule has 214 valence electrons. The van der Waals surface area contributed by atoms with Crippen LogP contribution in [0.25, 0.3) is 0 Å². The first-order valence-corrected chi connectivity index (χ1v) is 15.3. The summed E-state index contributed by atoms with van der Waals surface area (Å²) in [7, 11) is -4.08. The summed E-state index contributed by atoms with van der Waals surface area (Å²) >= 11 is 0. The van der Waals surface area contributed by atoms with Gasteiger partial charge in [-0.1, -0.05) is 74.4 Å². The Morgan fingerprint density at radius 2 is 1.60 bits per heavy atom. The Morgan fingerprint density at radius 3 is 2.23 bits per heavy atom. The molecular weight excluding hydrogens is 522 g/mol. The average molecular weight is 564 g/mol. The van der Waals surface area contributed by atoms with Crippen molar-refractivity contribution in [1.82, 2.24) is 10.2 Å². The van der Waals surface area contributed by atoms with E-state index >= 15 is 0 Å². The van der Waals surface area contributed by atoms with Gasteiger partial charge in [0.15, 0.2) is 0 Å². The molecule has 8 heteroatoms. The van der Waals surface area contributed by atoms with Gasteiger partial charge in [-0.3, -0.25) is 13.9 Å². The summed E-state index contributed by atoms with van der Waals surface area (Å²) in [5.41, 5.74) is 4.24. The third kappa shape index (κ3) is 7.72. The van der Waals surface area contributed by atoms with Crippen LogP contribution in [0.5, 0.6) is 0 Å². The number of aryl methyl sites for hydroxylation is 3. The highest BCUT2D eigenvalue weighted by molar-refractivity contribution is 7.92. The Morgan fingerprint density at radius 1 is 0.875 bits per heavy atom. The molecule has 0 spiro atoms. The monoisotopic (exact) mass is 563 g/mol. The molecule has 0 saturated heterocycles. The van der Waals surface area contributed by atoms with Crippen molar-refractivity contribution in [3.63, 3.8) is 0 Å². The lowest BCUT2D eigenvalue weighted by atomic mass is 10.1. The Labute approximate surface area is 239 Å². The molecule has 1 atom stereocenters. The number of nitrogens with one attached hydrogen (secondary N) is 1. The maximum Gasteiger partial charge on any atom is 0.264 e. The fourth-order valence-electron chi connectivity index (χ4n) is 4.56. The largest absolute Gasteiger partial charge is 0.354 e. The quantitative estimate of drug-likeness (QED) is 0.277. The third-order valence-electron chi connectivity index (χ3n) is 7.04. The first-order chi connectivity index (χ1) is 19.1. The number of amides is 2. The number of anilines is 1. The van der Waals surface area contributed by atoms with Crippen LogP contribution in [-0.4, -0.2) is 44.3 Å². The number of hydrogen-bond donors (Lipinski definition) is 1. The topological polar surface area (TPSA) is 86.8 Å². The fourth-order valence-corrected chi connectivity index (χ4v) is 5.99. The molecule has 2 amide bonds. The van der Waals surface area contributed by atoms with Crippen molar-refractivity contribution in [3.8, 4) is 0 Å². The van der Waals surface area contributed by atoms with Gasteiger partial charge in [-0.05, 0) is 74.6 Å². The maximum atomic E-state index is 14.1. The predicted molar refractivity (Wildman–Crippen MR) is 161 cm³/mol. The minimum absolute atomic E-state index is 0.0932. The summed E-state index contributed by atoms with van der Waals surface area (Å²) in [6.07, 6.45) is 2.17. The molecule has 0 radical (unpaired) electrons. The number of sulfonamides is 1. The molecule has 3 aromatic carbocycles. The van der Waals surface area contributed by atoms with Crippen molar-refractivity contribution in [2.45, 2.75) is 71.4 Å². The molecular formula is C32H41N3O4S. The molecule has 3 aromatic rings. The van der Waals surface area contributed by atoms with Crippen molar-refractivity contribution < 1.29 is 18.0 Å². The smallest absolute Gasteiger partial charge is 0.264 e. The van der Waals surface area contributed by atoms with Crippen molar-refractivity contribution in [2.75, 3.05) is 17.4 Å². The van der Waals surface area contributed by atoms with Crippen molar-refractivity contribution in [2.24, 2.45) is 0 Å². The minimum atomic E-state index is -4.08. The zero-order chi connectivity index (χ0) is 29.3. The SMILES string of the molecule is CCCCNC(=O)[C@@H](CC)N(Cc1cccc(C)c1)C(=O)CN(c1ccc(C)c(C)c1)S(=O)(=O)c1ccccc1. The molecule has 7 nitrogen and oxygen atoms in total. The van der Waals surface area contributed by atoms with Gasteiger partial charge in [0.25, 0.3) is 10.0 Å². The molecule has 0 aromatic heterocycles. The number of nitrogens with zero attached hydrogens (tertiary/aromatic N) is 2. The molecule has 0 aliphatic heterocycles. The van der Waals surface area contributed by atoms with Crippen LogP contribution in [0.3, 0.4) is 0 Å². The van der Waals surface area contributed by atoms with Crippen LogP contribution >= 0.6 is 0 Å². The number of benzene rings is 3. The van der Waals surface area contributed by atoms with E-state index in [1.807, 2.05) is 65.0 Å². The maximum absolute atomic E-state index is 14.1. The van der Waals surface area contributed by atoms with Gasteiger partial charge in [0.05, 0.1) is 10.6 Å². The van der Waals surface area contributed by atoms with Crippen molar-refractivity contribution >= 4 is 27.5 Å². The number of rotatable bonds is 13. The van der Waals surface area contributed by atoms with Gasteiger partial charge < -0.3 is 10.2 Å². The van der Waals surface area contributed by atoms with E-state index in [0.717, 1.165) is 39.4 Å². The second kappa shape index (κ2) is 14.1. The van der Waals surface area contributed by atoms with Gasteiger partial charge >= 0.3 is 0 Å². The van der Waals surface area contributed by atoms with Crippen molar-refractivity contribution in [3.05, 3.63) is 95.1 Å². The second-order valence-electron chi connectivity index (χ2n) is 10.2. The summed E-state index contributed by atoms with van der Waals surface area (Å²) in [6, 6.07) is 20.5. The van der Waals surface area contributed by atoms with E-state index in [4.69, 9.17) is 0 Å². The predicted octanol–water partition coefficient (Wildman–Crippen LogP) is 5.53. The molecule has 40 heavy (non-hydrogen) atoms. The highest BCUT2D eigenvalue weighted by Gasteiger charge is 2.33. The van der Waals surface area contributed by atoms with E-state index in [1.54, 1.807) is 30.3 Å². The van der Waals surface area contributed by atoms with Gasteiger partial charge in [-0.2, -0.15) is 0 Å². The Kier molecular flexibility index (Phi) is 10.9. The van der Waals surface area contributed by atoms with Crippen LogP contribution < -0.4 is 9.62 Å². The Bertz CT molecular complexity index is 1410. The number of hydrogen-bond acceptors (Lipinski definition) is 4. The highest BCUT2D eigenvalue weighted by Crippen LogP contribution is 2.26. The van der Waals surface area contributed by atoms with Crippen LogP contribution in [0.2, 0.25) is 0 Å². The normalized spacial score (nSPS) is 12.0. The molecule has 0 bridgehead atoms. The third-order valence-corrected chi connectivity index (χ3v) is 8.83. The Hall–Kier alpha value is -3.65. The lowest BCUT2D eigenvalue weighted by Crippen LogP contribution is -2.52. The second-order valence-corrected chi connectivity index (χ2v) is 12.0. The van der Waals surface area contributed by atoms with E-state index < -0.39 is 28.5 Å². The van der Waals surface area contributed by atoms with Gasteiger partial charge in [-0.25, -0.2) is 8.42 Å². The van der Waals surface area contributed by atoms with Crippen LogP contribution in [0, 0.1) is 20.8 Å². The number of carbonyl (C=O) groups is 2. The van der Waals surface area contributed by atoms with E-state index in [0.29, 0.717) is 18.7 Å². The molecule has 0 unspecified atom stereocenters. The highest BCUT2D eigenvalue weighted by atomic mass is 32.2. The van der Waals surface area contributed by atoms with Crippen LogP contribution in [0.1, 0.15) is 55.4 Å². The number of unbranched alkanes of at least 4 members (excludes halogenated alkanes) is 1. The van der Waals surface area contributed by atoms with Crippen LogP contribution in [-0.2, 0) is 26.2 Å². The van der Waals surface area contributed by atoms with Crippen LogP contribution in [0.4, 0.5) is 5.69 Å². The van der Waals surface area contributed by atoms with E-state index in [1.165, 1.54) is 17.0 Å². The summed E-state index contributed by atoms with van der Waals surface area (Å²) in [5, 5.41) is 2.96. The molecule has 0 heterocycles. The zero-order valence-corrected chi connectivity index (χ0v) is 25.0. The lowest BCUT2D eigenvalue weighted by molar-refractivity contribution is -0.140. The zero-order valence-electron chi connectivity index (χ0n) is 24.2. The molecule has 3 rings (SSSR count). The van der Waals surface area contributed by atoms with Crippen molar-refractivity contribution in [1.29, 1.82) is 0 Å². The van der Waals surface area contributed by atoms with Gasteiger partial charge in [-0.15, -0.1) is 0 Å². The van der Waals surface area contributed by atoms with Gasteiger partial charge in [0, 0.05) is 13.1 Å². The lowest BCUT2D eigenvalue weighted by Gasteiger charge is -2.33. The summed E-state index contributed by atoms with van der Waals surface area (Å²) in [4.78, 5) is 29.0. The fraction of sp³-hybridized carbons (Fsp3) is 0.375. The molecule has 1 N–H and O–H groups in total. The molecule has 0 aliphatic rings. The van der Waals surface area contributed by atoms with E-state index in [-0.39, 0.29) is 17.3 Å². The summed E-state index contributed by atoms with van der Waals surface area (Å²) in [5.74, 6) is -0.683. The van der Waals surface area contributed by atoms with E-state index in [9.17, 15) is 18.0 Å². The summed E-state index contributed by atoms with van der Waals surface area (Å²) in [6.45, 7) is 10.0. The number of carbonyl (C=O) groups excluding carboxylic acids is 2.